The number of aliphatic imine (C=N–C) groups is 1. The van der Waals surface area contributed by atoms with Crippen molar-refractivity contribution in [2.75, 3.05) is 46.4 Å². The molecule has 1 unspecified atom stereocenters. The zero-order valence-electron chi connectivity index (χ0n) is 16.8. The number of nitrogens with zero attached hydrogens (tertiary/aromatic N) is 2. The van der Waals surface area contributed by atoms with Gasteiger partial charge in [0.2, 0.25) is 0 Å². The molecule has 1 aliphatic rings. The second-order valence-electron chi connectivity index (χ2n) is 6.97. The van der Waals surface area contributed by atoms with Gasteiger partial charge in [0.05, 0.1) is 6.61 Å². The third-order valence-corrected chi connectivity index (χ3v) is 4.26. The van der Waals surface area contributed by atoms with Crippen LogP contribution < -0.4 is 16.0 Å². The molecular formula is C18H38IN5O2. The van der Waals surface area contributed by atoms with Crippen molar-refractivity contribution in [3.63, 3.8) is 0 Å². The van der Waals surface area contributed by atoms with Gasteiger partial charge in [0.25, 0.3) is 0 Å². The van der Waals surface area contributed by atoms with Gasteiger partial charge >= 0.3 is 6.09 Å². The van der Waals surface area contributed by atoms with E-state index in [0.29, 0.717) is 19.1 Å². The minimum absolute atomic E-state index is 0. The van der Waals surface area contributed by atoms with Gasteiger partial charge < -0.3 is 25.6 Å². The summed E-state index contributed by atoms with van der Waals surface area (Å²) >= 11 is 0. The van der Waals surface area contributed by atoms with Crippen LogP contribution in [0.15, 0.2) is 4.99 Å². The van der Waals surface area contributed by atoms with Crippen molar-refractivity contribution in [2.24, 2.45) is 10.9 Å². The van der Waals surface area contributed by atoms with Crippen LogP contribution in [0, 0.1) is 5.92 Å². The maximum Gasteiger partial charge on any atom is 0.407 e. The Bertz CT molecular complexity index is 401. The number of piperidine rings is 1. The number of carbonyl (C=O) groups excluding carboxylic acids is 1. The molecule has 1 amide bonds. The predicted molar refractivity (Wildman–Crippen MR) is 118 cm³/mol. The molecule has 26 heavy (non-hydrogen) atoms. The highest BCUT2D eigenvalue weighted by Crippen LogP contribution is 2.07. The fraction of sp³-hybridized carbons (Fsp3) is 0.889. The van der Waals surface area contributed by atoms with Crippen LogP contribution in [0.3, 0.4) is 0 Å². The van der Waals surface area contributed by atoms with Gasteiger partial charge in [-0.2, -0.15) is 0 Å². The summed E-state index contributed by atoms with van der Waals surface area (Å²) in [4.78, 5) is 18.4. The zero-order chi connectivity index (χ0) is 18.5. The topological polar surface area (TPSA) is 78.0 Å². The summed E-state index contributed by atoms with van der Waals surface area (Å²) in [5, 5.41) is 9.59. The first-order valence-corrected chi connectivity index (χ1v) is 9.65. The lowest BCUT2D eigenvalue weighted by Gasteiger charge is -2.27. The normalized spacial score (nSPS) is 16.6. The molecule has 1 atom stereocenters. The maximum absolute atomic E-state index is 11.7. The van der Waals surface area contributed by atoms with E-state index in [2.05, 4.69) is 39.7 Å². The van der Waals surface area contributed by atoms with E-state index in [4.69, 9.17) is 4.74 Å². The van der Waals surface area contributed by atoms with Crippen LogP contribution in [0.5, 0.6) is 0 Å². The summed E-state index contributed by atoms with van der Waals surface area (Å²) in [6.07, 6.45) is 4.50. The van der Waals surface area contributed by atoms with Gasteiger partial charge in [-0.1, -0.05) is 20.3 Å². The van der Waals surface area contributed by atoms with Crippen LogP contribution in [0.25, 0.3) is 0 Å². The Balaban J connectivity index is 0.00000625. The number of halogens is 1. The summed E-state index contributed by atoms with van der Waals surface area (Å²) < 4.78 is 4.99. The van der Waals surface area contributed by atoms with E-state index in [0.717, 1.165) is 25.5 Å². The van der Waals surface area contributed by atoms with Crippen LogP contribution in [0.4, 0.5) is 4.79 Å². The molecule has 1 heterocycles. The first-order chi connectivity index (χ1) is 12.0. The lowest BCUT2D eigenvalue weighted by atomic mass is 10.0. The number of guanidine groups is 1. The van der Waals surface area contributed by atoms with E-state index < -0.39 is 0 Å². The molecule has 1 aliphatic heterocycles. The third kappa shape index (κ3) is 11.8. The van der Waals surface area contributed by atoms with Crippen molar-refractivity contribution in [2.45, 2.75) is 52.5 Å². The molecule has 154 valence electrons. The Hall–Kier alpha value is -0.770. The number of hydrogen-bond acceptors (Lipinski definition) is 4. The molecule has 0 aromatic rings. The predicted octanol–water partition coefficient (Wildman–Crippen LogP) is 2.42. The molecule has 0 bridgehead atoms. The quantitative estimate of drug-likeness (QED) is 0.267. The van der Waals surface area contributed by atoms with E-state index in [-0.39, 0.29) is 36.1 Å². The lowest BCUT2D eigenvalue weighted by molar-refractivity contribution is 0.146. The fourth-order valence-electron chi connectivity index (χ4n) is 3.06. The number of hydrogen-bond donors (Lipinski definition) is 3. The number of nitrogens with one attached hydrogen (secondary N) is 3. The molecule has 0 aromatic heterocycles. The van der Waals surface area contributed by atoms with Gasteiger partial charge in [-0.05, 0) is 45.2 Å². The first-order valence-electron chi connectivity index (χ1n) is 9.65. The smallest absolute Gasteiger partial charge is 0.407 e. The van der Waals surface area contributed by atoms with Crippen LogP contribution in [-0.2, 0) is 4.74 Å². The van der Waals surface area contributed by atoms with Crippen molar-refractivity contribution >= 4 is 36.0 Å². The molecule has 1 fully saturated rings. The first kappa shape index (κ1) is 25.2. The molecule has 7 nitrogen and oxygen atoms in total. The standard InChI is InChI=1S/C18H37N5O2.HI/c1-5-25-18(24)22-16(13-15(2)3)14-21-17(19-4)20-9-12-23-10-7-6-8-11-23;/h15-16H,5-14H2,1-4H3,(H,22,24)(H2,19,20,21);1H. The second kappa shape index (κ2) is 15.3. The van der Waals surface area contributed by atoms with Crippen molar-refractivity contribution in [3.8, 4) is 0 Å². The van der Waals surface area contributed by atoms with Crippen molar-refractivity contribution in [1.82, 2.24) is 20.9 Å². The maximum atomic E-state index is 11.7. The van der Waals surface area contributed by atoms with Gasteiger partial charge in [0.15, 0.2) is 5.96 Å². The molecule has 0 aromatic carbocycles. The molecule has 1 rings (SSSR count). The monoisotopic (exact) mass is 483 g/mol. The SMILES string of the molecule is CCOC(=O)NC(CNC(=NC)NCCN1CCCCC1)CC(C)C.I. The van der Waals surface area contributed by atoms with Gasteiger partial charge in [-0.25, -0.2) is 4.79 Å². The van der Waals surface area contributed by atoms with E-state index in [9.17, 15) is 4.79 Å². The summed E-state index contributed by atoms with van der Waals surface area (Å²) in [5.74, 6) is 1.26. The summed E-state index contributed by atoms with van der Waals surface area (Å²) in [6, 6.07) is 0.0136. The van der Waals surface area contributed by atoms with Crippen molar-refractivity contribution in [1.29, 1.82) is 0 Å². The van der Waals surface area contributed by atoms with E-state index in [1.807, 2.05) is 6.92 Å². The number of alkyl carbamates (subject to hydrolysis) is 1. The molecule has 3 N–H and O–H groups in total. The van der Waals surface area contributed by atoms with E-state index >= 15 is 0 Å². The van der Waals surface area contributed by atoms with E-state index in [1.165, 1.54) is 32.4 Å². The highest BCUT2D eigenvalue weighted by molar-refractivity contribution is 14.0. The minimum atomic E-state index is -0.358. The van der Waals surface area contributed by atoms with Crippen LogP contribution >= 0.6 is 24.0 Å². The number of carbonyl (C=O) groups is 1. The third-order valence-electron chi connectivity index (χ3n) is 4.26. The Morgan fingerprint density at radius 1 is 1.19 bits per heavy atom. The highest BCUT2D eigenvalue weighted by atomic mass is 127. The molecule has 0 aliphatic carbocycles. The molecule has 8 heteroatoms. The van der Waals surface area contributed by atoms with Gasteiger partial charge in [-0.15, -0.1) is 24.0 Å². The average Bonchev–Trinajstić information content (AvgIpc) is 2.58. The zero-order valence-corrected chi connectivity index (χ0v) is 19.2. The van der Waals surface area contributed by atoms with Crippen LogP contribution in [0.2, 0.25) is 0 Å². The Morgan fingerprint density at radius 3 is 2.46 bits per heavy atom. The lowest BCUT2D eigenvalue weighted by Crippen LogP contribution is -2.48. The van der Waals surface area contributed by atoms with Crippen molar-refractivity contribution in [3.05, 3.63) is 0 Å². The van der Waals surface area contributed by atoms with Crippen LogP contribution in [0.1, 0.15) is 46.5 Å². The summed E-state index contributed by atoms with van der Waals surface area (Å²) in [6.45, 7) is 11.4. The Morgan fingerprint density at radius 2 is 1.88 bits per heavy atom. The Kier molecular flexibility index (Phi) is 14.9. The summed E-state index contributed by atoms with van der Waals surface area (Å²) in [5.41, 5.74) is 0. The molecule has 0 radical (unpaired) electrons. The Labute approximate surface area is 176 Å². The largest absolute Gasteiger partial charge is 0.450 e. The molecule has 0 saturated carbocycles. The highest BCUT2D eigenvalue weighted by Gasteiger charge is 2.15. The van der Waals surface area contributed by atoms with Gasteiger partial charge in [-0.3, -0.25) is 4.99 Å². The average molecular weight is 483 g/mol. The number of rotatable bonds is 9. The molecular weight excluding hydrogens is 445 g/mol. The van der Waals surface area contributed by atoms with Crippen LogP contribution in [-0.4, -0.2) is 69.4 Å². The second-order valence-corrected chi connectivity index (χ2v) is 6.97. The van der Waals surface area contributed by atoms with Gasteiger partial charge in [0, 0.05) is 32.7 Å². The minimum Gasteiger partial charge on any atom is -0.450 e. The fourth-order valence-corrected chi connectivity index (χ4v) is 3.06. The molecule has 0 spiro atoms. The molecule has 1 saturated heterocycles. The number of ether oxygens (including phenoxy) is 1. The number of likely N-dealkylation sites (tertiary alicyclic amines) is 1. The van der Waals surface area contributed by atoms with Gasteiger partial charge in [0.1, 0.15) is 0 Å². The van der Waals surface area contributed by atoms with Crippen molar-refractivity contribution < 1.29 is 9.53 Å². The van der Waals surface area contributed by atoms with E-state index in [1.54, 1.807) is 7.05 Å². The number of amides is 1. The summed E-state index contributed by atoms with van der Waals surface area (Å²) in [7, 11) is 1.77.